The Morgan fingerprint density at radius 1 is 1.11 bits per heavy atom. The number of hydrogen-bond donors (Lipinski definition) is 1. The zero-order valence-corrected chi connectivity index (χ0v) is 16.9. The van der Waals surface area contributed by atoms with E-state index >= 15 is 0 Å². The Morgan fingerprint density at radius 3 is 2.44 bits per heavy atom. The molecule has 1 N–H and O–H groups in total. The van der Waals surface area contributed by atoms with E-state index in [-0.39, 0.29) is 16.4 Å². The summed E-state index contributed by atoms with van der Waals surface area (Å²) >= 11 is 0. The van der Waals surface area contributed by atoms with E-state index in [2.05, 4.69) is 5.32 Å². The van der Waals surface area contributed by atoms with Gasteiger partial charge in [0.2, 0.25) is 0 Å². The molecule has 0 aromatic heterocycles. The smallest absolute Gasteiger partial charge is 0.183 e. The number of methoxy groups -OCH3 is 1. The van der Waals surface area contributed by atoms with Crippen LogP contribution in [-0.4, -0.2) is 46.7 Å². The molecule has 0 spiro atoms. The van der Waals surface area contributed by atoms with E-state index in [1.165, 1.54) is 19.2 Å². The van der Waals surface area contributed by atoms with Gasteiger partial charge in [-0.05, 0) is 36.2 Å². The van der Waals surface area contributed by atoms with Crippen LogP contribution >= 0.6 is 0 Å². The molecule has 0 bridgehead atoms. The van der Waals surface area contributed by atoms with Gasteiger partial charge in [-0.1, -0.05) is 30.3 Å². The third-order valence-corrected chi connectivity index (χ3v) is 8.95. The second-order valence-electron chi connectivity index (χ2n) is 6.76. The number of hydrogen-bond acceptors (Lipinski definition) is 6. The lowest BCUT2D eigenvalue weighted by Crippen LogP contribution is -2.43. The second-order valence-corrected chi connectivity index (χ2v) is 11.1. The topological polar surface area (TPSA) is 89.5 Å². The molecule has 0 aliphatic carbocycles. The van der Waals surface area contributed by atoms with Gasteiger partial charge in [0, 0.05) is 12.6 Å². The lowest BCUT2D eigenvalue weighted by Gasteiger charge is -2.20. The Balaban J connectivity index is 1.88. The molecule has 146 valence electrons. The van der Waals surface area contributed by atoms with Crippen molar-refractivity contribution in [2.45, 2.75) is 29.7 Å². The first-order valence-electron chi connectivity index (χ1n) is 8.59. The molecule has 2 atom stereocenters. The third-order valence-electron chi connectivity index (χ3n) is 4.81. The van der Waals surface area contributed by atoms with Crippen LogP contribution in [0.15, 0.2) is 53.4 Å². The summed E-state index contributed by atoms with van der Waals surface area (Å²) in [6.45, 7) is 2.17. The van der Waals surface area contributed by atoms with Crippen molar-refractivity contribution < 1.29 is 21.6 Å². The van der Waals surface area contributed by atoms with Crippen LogP contribution in [0.4, 0.5) is 0 Å². The first-order chi connectivity index (χ1) is 12.7. The maximum Gasteiger partial charge on any atom is 0.183 e. The first-order valence-corrected chi connectivity index (χ1v) is 12.0. The van der Waals surface area contributed by atoms with Crippen LogP contribution in [0.5, 0.6) is 5.75 Å². The quantitative estimate of drug-likeness (QED) is 0.782. The van der Waals surface area contributed by atoms with E-state index in [9.17, 15) is 16.8 Å². The number of nitrogens with one attached hydrogen (secondary N) is 1. The molecule has 3 rings (SSSR count). The average Bonchev–Trinajstić information content (AvgIpc) is 2.96. The van der Waals surface area contributed by atoms with Crippen LogP contribution in [0.3, 0.4) is 0 Å². The summed E-state index contributed by atoms with van der Waals surface area (Å²) in [5.41, 5.74) is 1.66. The van der Waals surface area contributed by atoms with E-state index in [0.29, 0.717) is 17.9 Å². The fourth-order valence-electron chi connectivity index (χ4n) is 3.36. The maximum absolute atomic E-state index is 13.2. The molecule has 27 heavy (non-hydrogen) atoms. The van der Waals surface area contributed by atoms with Crippen molar-refractivity contribution in [1.29, 1.82) is 0 Å². The van der Waals surface area contributed by atoms with Gasteiger partial charge in [0.25, 0.3) is 0 Å². The van der Waals surface area contributed by atoms with Crippen molar-refractivity contribution in [3.8, 4) is 5.75 Å². The van der Waals surface area contributed by atoms with Gasteiger partial charge in [-0.2, -0.15) is 0 Å². The van der Waals surface area contributed by atoms with Crippen molar-refractivity contribution in [3.05, 3.63) is 59.7 Å². The number of aryl methyl sites for hydroxylation is 1. The summed E-state index contributed by atoms with van der Waals surface area (Å²) in [5.74, 6) is 0.0397. The van der Waals surface area contributed by atoms with Gasteiger partial charge < -0.3 is 10.1 Å². The van der Waals surface area contributed by atoms with Crippen molar-refractivity contribution in [2.75, 3.05) is 18.6 Å². The number of benzene rings is 2. The highest BCUT2D eigenvalue weighted by Crippen LogP contribution is 2.29. The van der Waals surface area contributed by atoms with E-state index in [1.807, 2.05) is 30.3 Å². The molecule has 1 saturated heterocycles. The van der Waals surface area contributed by atoms with E-state index < -0.39 is 31.0 Å². The van der Waals surface area contributed by atoms with Crippen molar-refractivity contribution >= 4 is 19.7 Å². The predicted octanol–water partition coefficient (Wildman–Crippen LogP) is 1.73. The van der Waals surface area contributed by atoms with Gasteiger partial charge in [0.1, 0.15) is 5.75 Å². The molecule has 0 radical (unpaired) electrons. The zero-order chi connectivity index (χ0) is 19.7. The molecular formula is C19H23NO5S2. The first kappa shape index (κ1) is 19.9. The predicted molar refractivity (Wildman–Crippen MR) is 104 cm³/mol. The normalized spacial score (nSPS) is 21.9. The standard InChI is InChI=1S/C19H23NO5S2/c1-14-10-16(8-9-18(14)25-2)27(23,24)19-13-26(21,22)12-17(19)20-11-15-6-4-3-5-7-15/h3-10,17,19-20H,11-13H2,1-2H3. The average molecular weight is 410 g/mol. The highest BCUT2D eigenvalue weighted by atomic mass is 32.2. The molecule has 2 unspecified atom stereocenters. The van der Waals surface area contributed by atoms with Crippen molar-refractivity contribution in [1.82, 2.24) is 5.32 Å². The summed E-state index contributed by atoms with van der Waals surface area (Å²) in [4.78, 5) is 0.120. The minimum absolute atomic E-state index is 0.120. The lowest BCUT2D eigenvalue weighted by molar-refractivity contribution is 0.411. The Kier molecular flexibility index (Phi) is 5.60. The molecule has 8 heteroatoms. The van der Waals surface area contributed by atoms with Crippen LogP contribution in [0.1, 0.15) is 11.1 Å². The molecule has 1 aliphatic rings. The molecule has 1 fully saturated rings. The van der Waals surface area contributed by atoms with Crippen LogP contribution in [0, 0.1) is 6.92 Å². The Morgan fingerprint density at radius 2 is 1.81 bits per heavy atom. The number of rotatable bonds is 6. The minimum atomic E-state index is -3.81. The summed E-state index contributed by atoms with van der Waals surface area (Å²) in [6, 6.07) is 13.4. The molecule has 6 nitrogen and oxygen atoms in total. The van der Waals surface area contributed by atoms with Gasteiger partial charge in [-0.15, -0.1) is 0 Å². The van der Waals surface area contributed by atoms with Crippen LogP contribution in [0.25, 0.3) is 0 Å². The van der Waals surface area contributed by atoms with Gasteiger partial charge in [0.15, 0.2) is 19.7 Å². The molecule has 2 aromatic carbocycles. The van der Waals surface area contributed by atoms with Gasteiger partial charge >= 0.3 is 0 Å². The van der Waals surface area contributed by atoms with Crippen LogP contribution in [-0.2, 0) is 26.2 Å². The van der Waals surface area contributed by atoms with Crippen molar-refractivity contribution in [3.63, 3.8) is 0 Å². The summed E-state index contributed by atoms with van der Waals surface area (Å²) < 4.78 is 55.8. The van der Waals surface area contributed by atoms with Crippen LogP contribution in [0.2, 0.25) is 0 Å². The summed E-state index contributed by atoms with van der Waals surface area (Å²) in [7, 11) is -5.72. The Bertz CT molecular complexity index is 1020. The van der Waals surface area contributed by atoms with Gasteiger partial charge in [0.05, 0.1) is 28.8 Å². The van der Waals surface area contributed by atoms with Crippen molar-refractivity contribution in [2.24, 2.45) is 0 Å². The fraction of sp³-hybridized carbons (Fsp3) is 0.368. The van der Waals surface area contributed by atoms with E-state index in [0.717, 1.165) is 5.56 Å². The molecule has 0 saturated carbocycles. The SMILES string of the molecule is COc1ccc(S(=O)(=O)C2CS(=O)(=O)CC2NCc2ccccc2)cc1C. The minimum Gasteiger partial charge on any atom is -0.496 e. The molecule has 2 aromatic rings. The largest absolute Gasteiger partial charge is 0.496 e. The third kappa shape index (κ3) is 4.34. The fourth-order valence-corrected chi connectivity index (χ4v) is 8.16. The number of ether oxygens (including phenoxy) is 1. The van der Waals surface area contributed by atoms with Crippen LogP contribution < -0.4 is 10.1 Å². The molecule has 1 aliphatic heterocycles. The summed E-state index contributed by atoms with van der Waals surface area (Å²) in [5, 5.41) is 2.12. The monoisotopic (exact) mass is 409 g/mol. The highest BCUT2D eigenvalue weighted by molar-refractivity contribution is 7.96. The van der Waals surface area contributed by atoms with Gasteiger partial charge in [-0.25, -0.2) is 16.8 Å². The molecule has 1 heterocycles. The Hall–Kier alpha value is -1.90. The highest BCUT2D eigenvalue weighted by Gasteiger charge is 2.45. The zero-order valence-electron chi connectivity index (χ0n) is 15.3. The maximum atomic E-state index is 13.2. The second kappa shape index (κ2) is 7.61. The molecular weight excluding hydrogens is 386 g/mol. The Labute approximate surface area is 160 Å². The lowest BCUT2D eigenvalue weighted by atomic mass is 10.2. The van der Waals surface area contributed by atoms with Gasteiger partial charge in [-0.3, -0.25) is 0 Å². The summed E-state index contributed by atoms with van der Waals surface area (Å²) in [6.07, 6.45) is 0. The molecule has 0 amide bonds. The van der Waals surface area contributed by atoms with E-state index in [4.69, 9.17) is 4.74 Å². The number of sulfone groups is 2. The van der Waals surface area contributed by atoms with E-state index in [1.54, 1.807) is 13.0 Å².